The van der Waals surface area contributed by atoms with Crippen molar-refractivity contribution < 1.29 is 4.79 Å². The average molecular weight is 302 g/mol. The summed E-state index contributed by atoms with van der Waals surface area (Å²) in [6.07, 6.45) is 5.37. The highest BCUT2D eigenvalue weighted by Gasteiger charge is 2.10. The van der Waals surface area contributed by atoms with Crippen molar-refractivity contribution in [2.24, 2.45) is 14.1 Å². The number of aromatic nitrogens is 2. The van der Waals surface area contributed by atoms with Crippen LogP contribution >= 0.6 is 0 Å². The van der Waals surface area contributed by atoms with E-state index in [0.29, 0.717) is 0 Å². The molecule has 2 rings (SSSR count). The summed E-state index contributed by atoms with van der Waals surface area (Å²) >= 11 is 0. The molecule has 6 heteroatoms. The number of amides is 2. The lowest BCUT2D eigenvalue weighted by atomic mass is 10.1. The number of aryl methyl sites for hydroxylation is 3. The molecular weight excluding hydrogens is 280 g/mol. The molecule has 0 unspecified atom stereocenters. The lowest BCUT2D eigenvalue weighted by Gasteiger charge is -2.15. The molecule has 0 fully saturated rings. The van der Waals surface area contributed by atoms with Gasteiger partial charge in [0.1, 0.15) is 5.69 Å². The van der Waals surface area contributed by atoms with Gasteiger partial charge < -0.3 is 19.8 Å². The van der Waals surface area contributed by atoms with Crippen LogP contribution in [0.15, 0.2) is 41.5 Å². The fraction of sp³-hybridized carbons (Fsp3) is 0.375. The minimum Gasteiger partial charge on any atom is -0.354 e. The second-order valence-corrected chi connectivity index (χ2v) is 5.49. The monoisotopic (exact) mass is 302 g/mol. The van der Waals surface area contributed by atoms with E-state index in [9.17, 15) is 9.59 Å². The van der Waals surface area contributed by atoms with Crippen LogP contribution in [0.25, 0.3) is 0 Å². The normalized spacial score (nSPS) is 12.0. The second kappa shape index (κ2) is 6.98. The van der Waals surface area contributed by atoms with E-state index in [4.69, 9.17) is 0 Å². The summed E-state index contributed by atoms with van der Waals surface area (Å²) in [6.45, 7) is 1.95. The Morgan fingerprint density at radius 1 is 1.18 bits per heavy atom. The maximum Gasteiger partial charge on any atom is 0.319 e. The first-order valence-electron chi connectivity index (χ1n) is 7.30. The van der Waals surface area contributed by atoms with E-state index in [1.54, 1.807) is 25.4 Å². The third-order valence-corrected chi connectivity index (χ3v) is 3.63. The maximum atomic E-state index is 11.9. The van der Waals surface area contributed by atoms with Gasteiger partial charge in [0.15, 0.2) is 0 Å². The minimum absolute atomic E-state index is 0.0162. The van der Waals surface area contributed by atoms with Crippen LogP contribution in [-0.2, 0) is 20.5 Å². The van der Waals surface area contributed by atoms with E-state index in [2.05, 4.69) is 21.3 Å². The van der Waals surface area contributed by atoms with Crippen LogP contribution in [0.2, 0.25) is 0 Å². The van der Waals surface area contributed by atoms with E-state index >= 15 is 0 Å². The Hall–Kier alpha value is -2.50. The van der Waals surface area contributed by atoms with Crippen LogP contribution in [0.4, 0.5) is 10.5 Å². The molecule has 1 atom stereocenters. The predicted octanol–water partition coefficient (Wildman–Crippen LogP) is 1.87. The predicted molar refractivity (Wildman–Crippen MR) is 87.0 cm³/mol. The van der Waals surface area contributed by atoms with Crippen molar-refractivity contribution in [3.05, 3.63) is 52.7 Å². The molecule has 2 N–H and O–H groups in total. The average Bonchev–Trinajstić information content (AvgIpc) is 2.87. The molecule has 0 aromatic carbocycles. The van der Waals surface area contributed by atoms with Gasteiger partial charge in [-0.1, -0.05) is 0 Å². The smallest absolute Gasteiger partial charge is 0.319 e. The quantitative estimate of drug-likeness (QED) is 0.885. The van der Waals surface area contributed by atoms with Crippen molar-refractivity contribution >= 4 is 11.7 Å². The highest BCUT2D eigenvalue weighted by Crippen LogP contribution is 2.06. The van der Waals surface area contributed by atoms with Crippen molar-refractivity contribution in [2.75, 3.05) is 5.32 Å². The zero-order valence-electron chi connectivity index (χ0n) is 13.2. The van der Waals surface area contributed by atoms with E-state index in [0.717, 1.165) is 12.8 Å². The third kappa shape index (κ3) is 4.00. The van der Waals surface area contributed by atoms with Gasteiger partial charge in [0.05, 0.1) is 0 Å². The Bertz CT molecular complexity index is 702. The van der Waals surface area contributed by atoms with Gasteiger partial charge >= 0.3 is 6.03 Å². The van der Waals surface area contributed by atoms with E-state index in [1.165, 1.54) is 10.3 Å². The Morgan fingerprint density at radius 2 is 1.86 bits per heavy atom. The first kappa shape index (κ1) is 15.9. The summed E-state index contributed by atoms with van der Waals surface area (Å²) in [7, 11) is 3.65. The molecule has 0 aliphatic heterocycles. The highest BCUT2D eigenvalue weighted by atomic mass is 16.2. The number of hydrogen-bond donors (Lipinski definition) is 2. The van der Waals surface area contributed by atoms with Crippen molar-refractivity contribution in [3.8, 4) is 0 Å². The van der Waals surface area contributed by atoms with E-state index in [1.807, 2.05) is 26.2 Å². The van der Waals surface area contributed by atoms with Gasteiger partial charge in [0.25, 0.3) is 5.56 Å². The number of nitrogens with zero attached hydrogens (tertiary/aromatic N) is 2. The molecule has 0 spiro atoms. The molecule has 6 nitrogen and oxygen atoms in total. The summed E-state index contributed by atoms with van der Waals surface area (Å²) in [5, 5.41) is 5.45. The molecule has 0 bridgehead atoms. The van der Waals surface area contributed by atoms with Gasteiger partial charge in [0, 0.05) is 38.2 Å². The van der Waals surface area contributed by atoms with Crippen LogP contribution in [0.5, 0.6) is 0 Å². The molecule has 0 radical (unpaired) electrons. The minimum atomic E-state index is -0.359. The van der Waals surface area contributed by atoms with Gasteiger partial charge in [0.2, 0.25) is 0 Å². The molecule has 0 saturated heterocycles. The summed E-state index contributed by atoms with van der Waals surface area (Å²) in [6, 6.07) is 7.04. The molecule has 2 aromatic heterocycles. The van der Waals surface area contributed by atoms with Gasteiger partial charge in [-0.25, -0.2) is 4.79 Å². The van der Waals surface area contributed by atoms with E-state index < -0.39 is 0 Å². The number of hydrogen-bond acceptors (Lipinski definition) is 2. The molecule has 0 aliphatic rings. The number of rotatable bonds is 5. The van der Waals surface area contributed by atoms with E-state index in [-0.39, 0.29) is 23.3 Å². The SMILES string of the molecule is C[C@H](CCc1cccn1C)NC(=O)Nc1cccn(C)c1=O. The van der Waals surface area contributed by atoms with Crippen molar-refractivity contribution in [3.63, 3.8) is 0 Å². The lowest BCUT2D eigenvalue weighted by Crippen LogP contribution is -2.38. The Kier molecular flexibility index (Phi) is 5.04. The summed E-state index contributed by atoms with van der Waals surface area (Å²) in [4.78, 5) is 23.8. The van der Waals surface area contributed by atoms with Crippen molar-refractivity contribution in [2.45, 2.75) is 25.8 Å². The van der Waals surface area contributed by atoms with Gasteiger partial charge in [-0.15, -0.1) is 0 Å². The number of carbonyl (C=O) groups is 1. The second-order valence-electron chi connectivity index (χ2n) is 5.49. The van der Waals surface area contributed by atoms with Crippen LogP contribution in [0.3, 0.4) is 0 Å². The molecule has 0 saturated carbocycles. The molecular formula is C16H22N4O2. The first-order chi connectivity index (χ1) is 10.5. The van der Waals surface area contributed by atoms with Gasteiger partial charge in [-0.05, 0) is 44.0 Å². The molecule has 2 amide bonds. The fourth-order valence-corrected chi connectivity index (χ4v) is 2.27. The van der Waals surface area contributed by atoms with Gasteiger partial charge in [-0.3, -0.25) is 4.79 Å². The number of urea groups is 1. The Morgan fingerprint density at radius 3 is 2.55 bits per heavy atom. The van der Waals surface area contributed by atoms with Crippen molar-refractivity contribution in [1.82, 2.24) is 14.5 Å². The standard InChI is InChI=1S/C16H22N4O2/c1-12(8-9-13-6-4-10-19(13)2)17-16(22)18-14-7-5-11-20(3)15(14)21/h4-7,10-12H,8-9H2,1-3H3,(H2,17,18,22)/t12-/m1/s1. The number of anilines is 1. The Labute approximate surface area is 129 Å². The van der Waals surface area contributed by atoms with Crippen LogP contribution in [0.1, 0.15) is 19.0 Å². The largest absolute Gasteiger partial charge is 0.354 e. The molecule has 2 heterocycles. The zero-order chi connectivity index (χ0) is 16.1. The zero-order valence-corrected chi connectivity index (χ0v) is 13.2. The van der Waals surface area contributed by atoms with Crippen LogP contribution in [0, 0.1) is 0 Å². The highest BCUT2D eigenvalue weighted by molar-refractivity contribution is 5.89. The Balaban J connectivity index is 1.85. The first-order valence-corrected chi connectivity index (χ1v) is 7.30. The lowest BCUT2D eigenvalue weighted by molar-refractivity contribution is 0.248. The number of nitrogens with one attached hydrogen (secondary N) is 2. The maximum absolute atomic E-state index is 11.9. The number of carbonyl (C=O) groups excluding carboxylic acids is 1. The van der Waals surface area contributed by atoms with Crippen molar-refractivity contribution in [1.29, 1.82) is 0 Å². The van der Waals surface area contributed by atoms with Crippen LogP contribution < -0.4 is 16.2 Å². The fourth-order valence-electron chi connectivity index (χ4n) is 2.27. The summed E-state index contributed by atoms with van der Waals surface area (Å²) in [5.74, 6) is 0. The summed E-state index contributed by atoms with van der Waals surface area (Å²) in [5.41, 5.74) is 1.28. The number of pyridine rings is 1. The van der Waals surface area contributed by atoms with Gasteiger partial charge in [-0.2, -0.15) is 0 Å². The third-order valence-electron chi connectivity index (χ3n) is 3.63. The topological polar surface area (TPSA) is 68.1 Å². The molecule has 0 aliphatic carbocycles. The molecule has 2 aromatic rings. The molecule has 22 heavy (non-hydrogen) atoms. The van der Waals surface area contributed by atoms with Crippen LogP contribution in [-0.4, -0.2) is 21.2 Å². The molecule has 118 valence electrons. The summed E-state index contributed by atoms with van der Waals surface area (Å²) < 4.78 is 3.49.